The zero-order valence-electron chi connectivity index (χ0n) is 9.87. The summed E-state index contributed by atoms with van der Waals surface area (Å²) in [6, 6.07) is 6.07. The van der Waals surface area contributed by atoms with Gasteiger partial charge in [0.15, 0.2) is 0 Å². The Hall–Kier alpha value is -1.29. The zero-order chi connectivity index (χ0) is 12.7. The second-order valence-electron chi connectivity index (χ2n) is 4.84. The largest absolute Gasteiger partial charge is 0.481 e. The van der Waals surface area contributed by atoms with Gasteiger partial charge in [0.1, 0.15) is 0 Å². The Morgan fingerprint density at radius 3 is 3.00 bits per heavy atom. The average molecular weight is 308 g/mol. The lowest BCUT2D eigenvalue weighted by Crippen LogP contribution is -2.12. The number of carboxylic acids is 1. The van der Waals surface area contributed by atoms with Crippen LogP contribution in [0.15, 0.2) is 22.7 Å². The first kappa shape index (κ1) is 11.8. The second kappa shape index (κ2) is 4.43. The Kier molecular flexibility index (Phi) is 2.90. The van der Waals surface area contributed by atoms with Crippen LogP contribution in [0.5, 0.6) is 0 Å². The minimum absolute atomic E-state index is 0.381. The summed E-state index contributed by atoms with van der Waals surface area (Å²) in [6.45, 7) is 0. The predicted octanol–water partition coefficient (Wildman–Crippen LogP) is 3.83. The van der Waals surface area contributed by atoms with E-state index in [0.717, 1.165) is 46.8 Å². The molecule has 0 saturated heterocycles. The lowest BCUT2D eigenvalue weighted by atomic mass is 9.99. The average Bonchev–Trinajstić information content (AvgIpc) is 2.55. The minimum Gasteiger partial charge on any atom is -0.481 e. The van der Waals surface area contributed by atoms with Crippen molar-refractivity contribution in [3.63, 3.8) is 0 Å². The smallest absolute Gasteiger partial charge is 0.312 e. The molecule has 0 amide bonds. The molecule has 0 radical (unpaired) electrons. The van der Waals surface area contributed by atoms with Crippen LogP contribution in [-0.2, 0) is 11.2 Å². The lowest BCUT2D eigenvalue weighted by molar-refractivity contribution is -0.139. The highest BCUT2D eigenvalue weighted by Crippen LogP contribution is 2.36. The fourth-order valence-electron chi connectivity index (χ4n) is 2.85. The van der Waals surface area contributed by atoms with Crippen LogP contribution in [0.25, 0.3) is 10.9 Å². The SMILES string of the molecule is O=C(O)C1CCCCc2c1[nH]c1ccc(Br)cc21. The van der Waals surface area contributed by atoms with Crippen LogP contribution in [0.3, 0.4) is 0 Å². The Morgan fingerprint density at radius 1 is 1.39 bits per heavy atom. The van der Waals surface area contributed by atoms with Crippen molar-refractivity contribution in [2.45, 2.75) is 31.6 Å². The Balaban J connectivity index is 2.24. The molecule has 3 nitrogen and oxygen atoms in total. The first-order valence-corrected chi connectivity index (χ1v) is 6.99. The summed E-state index contributed by atoms with van der Waals surface area (Å²) in [5, 5.41) is 10.5. The van der Waals surface area contributed by atoms with E-state index in [1.165, 1.54) is 5.56 Å². The van der Waals surface area contributed by atoms with Crippen molar-refractivity contribution in [2.24, 2.45) is 0 Å². The third kappa shape index (κ3) is 1.85. The van der Waals surface area contributed by atoms with Gasteiger partial charge in [0, 0.05) is 21.1 Å². The van der Waals surface area contributed by atoms with E-state index in [1.807, 2.05) is 12.1 Å². The summed E-state index contributed by atoms with van der Waals surface area (Å²) in [5.41, 5.74) is 3.14. The van der Waals surface area contributed by atoms with Crippen molar-refractivity contribution in [1.82, 2.24) is 4.98 Å². The maximum Gasteiger partial charge on any atom is 0.312 e. The molecule has 4 heteroatoms. The Morgan fingerprint density at radius 2 is 2.22 bits per heavy atom. The highest BCUT2D eigenvalue weighted by atomic mass is 79.9. The summed E-state index contributed by atoms with van der Waals surface area (Å²) in [6.07, 6.45) is 3.75. The highest BCUT2D eigenvalue weighted by Gasteiger charge is 2.27. The van der Waals surface area contributed by atoms with Gasteiger partial charge in [-0.15, -0.1) is 0 Å². The summed E-state index contributed by atoms with van der Waals surface area (Å²) in [7, 11) is 0. The van der Waals surface area contributed by atoms with Crippen molar-refractivity contribution < 1.29 is 9.90 Å². The molecule has 1 unspecified atom stereocenters. The lowest BCUT2D eigenvalue weighted by Gasteiger charge is -2.08. The monoisotopic (exact) mass is 307 g/mol. The van der Waals surface area contributed by atoms with Gasteiger partial charge in [0.25, 0.3) is 0 Å². The highest BCUT2D eigenvalue weighted by molar-refractivity contribution is 9.10. The van der Waals surface area contributed by atoms with E-state index >= 15 is 0 Å². The normalized spacial score (nSPS) is 19.5. The number of aryl methyl sites for hydroxylation is 1. The molecule has 0 aliphatic heterocycles. The van der Waals surface area contributed by atoms with E-state index in [2.05, 4.69) is 27.0 Å². The van der Waals surface area contributed by atoms with Crippen molar-refractivity contribution in [1.29, 1.82) is 0 Å². The first-order chi connectivity index (χ1) is 8.66. The molecule has 1 aromatic carbocycles. The Bertz CT molecular complexity index is 618. The molecular weight excluding hydrogens is 294 g/mol. The van der Waals surface area contributed by atoms with Crippen LogP contribution in [0.1, 0.15) is 36.4 Å². The van der Waals surface area contributed by atoms with Gasteiger partial charge in [-0.25, -0.2) is 0 Å². The third-order valence-corrected chi connectivity index (χ3v) is 4.21. The molecule has 0 spiro atoms. The summed E-state index contributed by atoms with van der Waals surface area (Å²) in [4.78, 5) is 14.7. The van der Waals surface area contributed by atoms with Crippen molar-refractivity contribution in [3.05, 3.63) is 33.9 Å². The van der Waals surface area contributed by atoms with E-state index in [4.69, 9.17) is 0 Å². The van der Waals surface area contributed by atoms with Crippen LogP contribution in [0, 0.1) is 0 Å². The van der Waals surface area contributed by atoms with Crippen molar-refractivity contribution in [2.75, 3.05) is 0 Å². The first-order valence-electron chi connectivity index (χ1n) is 6.19. The number of nitrogens with one attached hydrogen (secondary N) is 1. The number of halogens is 1. The fraction of sp³-hybridized carbons (Fsp3) is 0.357. The van der Waals surface area contributed by atoms with Crippen LogP contribution in [0.2, 0.25) is 0 Å². The summed E-state index contributed by atoms with van der Waals surface area (Å²) in [5.74, 6) is -1.10. The molecule has 1 aliphatic rings. The van der Waals surface area contributed by atoms with Gasteiger partial charge in [-0.2, -0.15) is 0 Å². The van der Waals surface area contributed by atoms with Gasteiger partial charge in [0.05, 0.1) is 5.92 Å². The second-order valence-corrected chi connectivity index (χ2v) is 5.76. The van der Waals surface area contributed by atoms with E-state index in [1.54, 1.807) is 0 Å². The number of rotatable bonds is 1. The number of hydrogen-bond donors (Lipinski definition) is 2. The van der Waals surface area contributed by atoms with Gasteiger partial charge in [0.2, 0.25) is 0 Å². The van der Waals surface area contributed by atoms with E-state index in [9.17, 15) is 9.90 Å². The quantitative estimate of drug-likeness (QED) is 0.787. The molecule has 1 atom stereocenters. The van der Waals surface area contributed by atoms with E-state index in [0.29, 0.717) is 0 Å². The molecule has 18 heavy (non-hydrogen) atoms. The number of hydrogen-bond acceptors (Lipinski definition) is 1. The molecule has 94 valence electrons. The van der Waals surface area contributed by atoms with Gasteiger partial charge >= 0.3 is 5.97 Å². The molecular formula is C14H14BrNO2. The van der Waals surface area contributed by atoms with E-state index in [-0.39, 0.29) is 5.92 Å². The topological polar surface area (TPSA) is 53.1 Å². The van der Waals surface area contributed by atoms with E-state index < -0.39 is 5.97 Å². The molecule has 2 aromatic rings. The minimum atomic E-state index is -0.719. The summed E-state index contributed by atoms with van der Waals surface area (Å²) < 4.78 is 1.04. The number of aromatic amines is 1. The van der Waals surface area contributed by atoms with Crippen LogP contribution in [-0.4, -0.2) is 16.1 Å². The van der Waals surface area contributed by atoms with Gasteiger partial charge in [-0.3, -0.25) is 4.79 Å². The summed E-state index contributed by atoms with van der Waals surface area (Å²) >= 11 is 3.48. The number of aliphatic carboxylic acids is 1. The number of aromatic nitrogens is 1. The van der Waals surface area contributed by atoms with Crippen LogP contribution < -0.4 is 0 Å². The van der Waals surface area contributed by atoms with Gasteiger partial charge in [-0.05, 0) is 43.0 Å². The molecule has 2 N–H and O–H groups in total. The standard InChI is InChI=1S/C14H14BrNO2/c15-8-5-6-12-11(7-8)9-3-1-2-4-10(14(17)18)13(9)16-12/h5-7,10,16H,1-4H2,(H,17,18). The van der Waals surface area contributed by atoms with Crippen molar-refractivity contribution >= 4 is 32.8 Å². The number of carboxylic acid groups (broad SMARTS) is 1. The molecule has 0 bridgehead atoms. The molecule has 1 heterocycles. The molecule has 1 aliphatic carbocycles. The van der Waals surface area contributed by atoms with Crippen molar-refractivity contribution in [3.8, 4) is 0 Å². The molecule has 3 rings (SSSR count). The molecule has 0 saturated carbocycles. The van der Waals surface area contributed by atoms with Crippen LogP contribution in [0.4, 0.5) is 0 Å². The number of benzene rings is 1. The van der Waals surface area contributed by atoms with Gasteiger partial charge < -0.3 is 10.1 Å². The Labute approximate surface area is 113 Å². The number of carbonyl (C=O) groups is 1. The third-order valence-electron chi connectivity index (χ3n) is 3.72. The number of fused-ring (bicyclic) bond motifs is 3. The van der Waals surface area contributed by atoms with Gasteiger partial charge in [-0.1, -0.05) is 22.4 Å². The number of H-pyrrole nitrogens is 1. The maximum absolute atomic E-state index is 11.4. The van der Waals surface area contributed by atoms with Crippen LogP contribution >= 0.6 is 15.9 Å². The fourth-order valence-corrected chi connectivity index (χ4v) is 3.21. The molecule has 0 fully saturated rings. The maximum atomic E-state index is 11.4. The molecule has 1 aromatic heterocycles. The predicted molar refractivity (Wildman–Crippen MR) is 73.9 cm³/mol. The zero-order valence-corrected chi connectivity index (χ0v) is 11.5.